The van der Waals surface area contributed by atoms with E-state index < -0.39 is 7.60 Å². The summed E-state index contributed by atoms with van der Waals surface area (Å²) in [5, 5.41) is 0. The lowest BCUT2D eigenvalue weighted by molar-refractivity contribution is 0.140. The van der Waals surface area contributed by atoms with Crippen molar-refractivity contribution < 1.29 is 13.6 Å². The summed E-state index contributed by atoms with van der Waals surface area (Å²) in [6.07, 6.45) is 3.85. The fourth-order valence-corrected chi connectivity index (χ4v) is 4.23. The first-order chi connectivity index (χ1) is 7.79. The largest absolute Gasteiger partial charge is 0.331 e. The summed E-state index contributed by atoms with van der Waals surface area (Å²) in [5.41, 5.74) is 0. The monoisotopic (exact) mass is 264 g/mol. The first kappa shape index (κ1) is 17.2. The molecule has 104 valence electrons. The van der Waals surface area contributed by atoms with Crippen LogP contribution in [0.1, 0.15) is 60.8 Å². The molecule has 0 aliphatic carbocycles. The molecular formula is C13H29O3P. The molecule has 0 radical (unpaired) electrons. The van der Waals surface area contributed by atoms with Crippen molar-refractivity contribution in [2.24, 2.45) is 5.92 Å². The summed E-state index contributed by atoms with van der Waals surface area (Å²) in [6.45, 7) is 11.9. The van der Waals surface area contributed by atoms with E-state index in [1.54, 1.807) is 0 Å². The zero-order chi connectivity index (χ0) is 13.5. The summed E-state index contributed by atoms with van der Waals surface area (Å²) in [7, 11) is -2.93. The zero-order valence-corrected chi connectivity index (χ0v) is 13.1. The van der Waals surface area contributed by atoms with E-state index in [1.807, 2.05) is 27.7 Å². The summed E-state index contributed by atoms with van der Waals surface area (Å²) >= 11 is 0. The number of rotatable bonds is 9. The standard InChI is InChI=1S/C13H29O3P/c1-7-8-9-13(6)10-17(14,15-11(2)3)16-12(4)5/h11-13H,7-10H2,1-6H3/t13-/m0/s1. The third-order valence-electron chi connectivity index (χ3n) is 2.33. The minimum Gasteiger partial charge on any atom is -0.306 e. The van der Waals surface area contributed by atoms with Crippen LogP contribution in [0.15, 0.2) is 0 Å². The summed E-state index contributed by atoms with van der Waals surface area (Å²) in [4.78, 5) is 0. The molecule has 0 amide bonds. The van der Waals surface area contributed by atoms with Crippen molar-refractivity contribution in [1.29, 1.82) is 0 Å². The number of unbranched alkanes of at least 4 members (excludes halogenated alkanes) is 1. The molecule has 0 saturated heterocycles. The second-order valence-electron chi connectivity index (χ2n) is 5.35. The van der Waals surface area contributed by atoms with Gasteiger partial charge in [-0.15, -0.1) is 0 Å². The minimum atomic E-state index is -2.93. The van der Waals surface area contributed by atoms with Gasteiger partial charge in [0.2, 0.25) is 0 Å². The third-order valence-corrected chi connectivity index (χ3v) is 4.88. The molecule has 0 bridgehead atoms. The molecule has 0 aliphatic rings. The predicted octanol–water partition coefficient (Wildman–Crippen LogP) is 4.86. The van der Waals surface area contributed by atoms with Crippen LogP contribution in [0.25, 0.3) is 0 Å². The third kappa shape index (κ3) is 8.82. The molecule has 0 aromatic heterocycles. The number of hydrogen-bond donors (Lipinski definition) is 0. The summed E-state index contributed by atoms with van der Waals surface area (Å²) < 4.78 is 23.6. The molecule has 1 atom stereocenters. The zero-order valence-electron chi connectivity index (χ0n) is 12.2. The van der Waals surface area contributed by atoms with Gasteiger partial charge in [-0.05, 0) is 33.6 Å². The normalized spacial score (nSPS) is 14.6. The number of hydrogen-bond acceptors (Lipinski definition) is 3. The Labute approximate surface area is 107 Å². The van der Waals surface area contributed by atoms with Crippen LogP contribution in [-0.2, 0) is 13.6 Å². The SMILES string of the molecule is CCCC[C@H](C)CP(=O)(OC(C)C)OC(C)C. The van der Waals surface area contributed by atoms with Gasteiger partial charge in [-0.25, -0.2) is 0 Å². The van der Waals surface area contributed by atoms with Crippen LogP contribution in [0, 0.1) is 5.92 Å². The van der Waals surface area contributed by atoms with Crippen molar-refractivity contribution in [2.45, 2.75) is 73.0 Å². The van der Waals surface area contributed by atoms with Crippen molar-refractivity contribution in [3.8, 4) is 0 Å². The van der Waals surface area contributed by atoms with Crippen molar-refractivity contribution in [2.75, 3.05) is 6.16 Å². The lowest BCUT2D eigenvalue weighted by Gasteiger charge is -2.25. The highest BCUT2D eigenvalue weighted by atomic mass is 31.2. The van der Waals surface area contributed by atoms with Gasteiger partial charge in [-0.3, -0.25) is 4.57 Å². The molecule has 0 heterocycles. The fraction of sp³-hybridized carbons (Fsp3) is 1.00. The first-order valence-electron chi connectivity index (χ1n) is 6.75. The Bertz CT molecular complexity index is 225. The van der Waals surface area contributed by atoms with Crippen LogP contribution in [0.3, 0.4) is 0 Å². The van der Waals surface area contributed by atoms with E-state index in [0.717, 1.165) is 6.42 Å². The van der Waals surface area contributed by atoms with Crippen LogP contribution < -0.4 is 0 Å². The Morgan fingerprint density at radius 2 is 1.47 bits per heavy atom. The lowest BCUT2D eigenvalue weighted by atomic mass is 10.1. The smallest absolute Gasteiger partial charge is 0.306 e. The highest BCUT2D eigenvalue weighted by molar-refractivity contribution is 7.53. The molecule has 0 aromatic carbocycles. The maximum absolute atomic E-state index is 12.6. The van der Waals surface area contributed by atoms with Crippen LogP contribution in [0.5, 0.6) is 0 Å². The highest BCUT2D eigenvalue weighted by Crippen LogP contribution is 2.52. The van der Waals surface area contributed by atoms with Gasteiger partial charge in [0.15, 0.2) is 0 Å². The first-order valence-corrected chi connectivity index (χ1v) is 8.47. The van der Waals surface area contributed by atoms with Crippen LogP contribution >= 0.6 is 7.60 Å². The van der Waals surface area contributed by atoms with Gasteiger partial charge in [0.1, 0.15) is 0 Å². The molecule has 0 saturated carbocycles. The molecule has 0 rings (SSSR count). The fourth-order valence-electron chi connectivity index (χ4n) is 1.78. The van der Waals surface area contributed by atoms with Crippen LogP contribution in [0.4, 0.5) is 0 Å². The Morgan fingerprint density at radius 1 is 1.00 bits per heavy atom. The lowest BCUT2D eigenvalue weighted by Crippen LogP contribution is -2.14. The van der Waals surface area contributed by atoms with Crippen LogP contribution in [0.2, 0.25) is 0 Å². The molecular weight excluding hydrogens is 235 g/mol. The summed E-state index contributed by atoms with van der Waals surface area (Å²) in [5.74, 6) is 0.387. The van der Waals surface area contributed by atoms with Crippen molar-refractivity contribution >= 4 is 7.60 Å². The molecule has 0 N–H and O–H groups in total. The van der Waals surface area contributed by atoms with E-state index >= 15 is 0 Å². The minimum absolute atomic E-state index is 0.0574. The van der Waals surface area contributed by atoms with Gasteiger partial charge in [-0.2, -0.15) is 0 Å². The topological polar surface area (TPSA) is 35.5 Å². The molecule has 17 heavy (non-hydrogen) atoms. The van der Waals surface area contributed by atoms with Gasteiger partial charge in [0.05, 0.1) is 18.4 Å². The average Bonchev–Trinajstić information content (AvgIpc) is 2.10. The Hall–Kier alpha value is 0.150. The molecule has 0 spiro atoms. The summed E-state index contributed by atoms with van der Waals surface area (Å²) in [6, 6.07) is 0. The molecule has 0 fully saturated rings. The van der Waals surface area contributed by atoms with Crippen molar-refractivity contribution in [3.63, 3.8) is 0 Å². The van der Waals surface area contributed by atoms with E-state index in [1.165, 1.54) is 12.8 Å². The van der Waals surface area contributed by atoms with E-state index in [0.29, 0.717) is 12.1 Å². The van der Waals surface area contributed by atoms with Gasteiger partial charge in [0.25, 0.3) is 0 Å². The second kappa shape index (κ2) is 8.29. The molecule has 4 heteroatoms. The van der Waals surface area contributed by atoms with E-state index in [2.05, 4.69) is 13.8 Å². The maximum atomic E-state index is 12.6. The average molecular weight is 264 g/mol. The van der Waals surface area contributed by atoms with Gasteiger partial charge in [-0.1, -0.05) is 33.1 Å². The van der Waals surface area contributed by atoms with Gasteiger partial charge >= 0.3 is 7.60 Å². The predicted molar refractivity (Wildman–Crippen MR) is 73.6 cm³/mol. The van der Waals surface area contributed by atoms with Gasteiger partial charge < -0.3 is 9.05 Å². The maximum Gasteiger partial charge on any atom is 0.331 e. The van der Waals surface area contributed by atoms with Crippen molar-refractivity contribution in [1.82, 2.24) is 0 Å². The van der Waals surface area contributed by atoms with E-state index in [4.69, 9.17) is 9.05 Å². The van der Waals surface area contributed by atoms with Crippen LogP contribution in [-0.4, -0.2) is 18.4 Å². The second-order valence-corrected chi connectivity index (χ2v) is 7.36. The van der Waals surface area contributed by atoms with E-state index in [-0.39, 0.29) is 12.2 Å². The van der Waals surface area contributed by atoms with Gasteiger partial charge in [0, 0.05) is 0 Å². The highest BCUT2D eigenvalue weighted by Gasteiger charge is 2.29. The molecule has 0 aliphatic heterocycles. The van der Waals surface area contributed by atoms with Crippen molar-refractivity contribution in [3.05, 3.63) is 0 Å². The Kier molecular flexibility index (Phi) is 8.36. The molecule has 0 unspecified atom stereocenters. The Balaban J connectivity index is 4.41. The quantitative estimate of drug-likeness (QED) is 0.558. The molecule has 0 aromatic rings. The Morgan fingerprint density at radius 3 is 1.82 bits per heavy atom. The van der Waals surface area contributed by atoms with E-state index in [9.17, 15) is 4.57 Å². The molecule has 3 nitrogen and oxygen atoms in total.